The summed E-state index contributed by atoms with van der Waals surface area (Å²) in [5.41, 5.74) is 0.558. The Morgan fingerprint density at radius 2 is 2.29 bits per heavy atom. The van der Waals surface area contributed by atoms with Gasteiger partial charge in [0.15, 0.2) is 11.4 Å². The second-order valence-corrected chi connectivity index (χ2v) is 4.96. The number of rotatable bonds is 3. The normalized spacial score (nSPS) is 10.8. The molecule has 0 spiro atoms. The molecular formula is C14H11ClN4OS. The van der Waals surface area contributed by atoms with Gasteiger partial charge in [0.1, 0.15) is 11.5 Å². The molecule has 0 bridgehead atoms. The van der Waals surface area contributed by atoms with Crippen LogP contribution in [0.5, 0.6) is 11.5 Å². The molecule has 0 saturated carbocycles. The van der Waals surface area contributed by atoms with Crippen molar-refractivity contribution in [3.8, 4) is 17.7 Å². The van der Waals surface area contributed by atoms with Gasteiger partial charge in [0.25, 0.3) is 0 Å². The first kappa shape index (κ1) is 15.2. The standard InChI is InChI=1S/C14H11ClN4OS/c1-21-14(18-9-16)19-13-5-4-10(7-12(13)15)20-11-3-2-6-17-8-11/h2-8H,1H3,(H,18,19). The van der Waals surface area contributed by atoms with Crippen molar-refractivity contribution in [1.82, 2.24) is 10.3 Å². The average Bonchev–Trinajstić information content (AvgIpc) is 2.50. The molecular weight excluding hydrogens is 308 g/mol. The number of thioether (sulfide) groups is 1. The molecule has 1 aromatic heterocycles. The minimum Gasteiger partial charge on any atom is -0.456 e. The third-order valence-corrected chi connectivity index (χ3v) is 3.25. The second kappa shape index (κ2) is 7.53. The number of nitriles is 1. The fourth-order valence-corrected chi connectivity index (χ4v) is 2.02. The first-order valence-corrected chi connectivity index (χ1v) is 7.48. The second-order valence-electron chi connectivity index (χ2n) is 3.76. The maximum atomic E-state index is 8.61. The predicted molar refractivity (Wildman–Crippen MR) is 85.1 cm³/mol. The minimum absolute atomic E-state index is 0.433. The van der Waals surface area contributed by atoms with E-state index in [0.717, 1.165) is 0 Å². The Kier molecular flexibility index (Phi) is 5.43. The van der Waals surface area contributed by atoms with E-state index in [1.165, 1.54) is 11.8 Å². The predicted octanol–water partition coefficient (Wildman–Crippen LogP) is 3.95. The average molecular weight is 319 g/mol. The number of aliphatic imine (C=N–C) groups is 1. The van der Waals surface area contributed by atoms with Gasteiger partial charge in [-0.15, -0.1) is 0 Å². The van der Waals surface area contributed by atoms with E-state index in [1.807, 2.05) is 12.4 Å². The van der Waals surface area contributed by atoms with Crippen LogP contribution in [0.4, 0.5) is 5.69 Å². The zero-order chi connectivity index (χ0) is 15.1. The smallest absolute Gasteiger partial charge is 0.183 e. The highest BCUT2D eigenvalue weighted by Gasteiger charge is 2.05. The molecule has 106 valence electrons. The van der Waals surface area contributed by atoms with Gasteiger partial charge in [-0.3, -0.25) is 10.3 Å². The summed E-state index contributed by atoms with van der Waals surface area (Å²) in [6.07, 6.45) is 6.93. The fourth-order valence-electron chi connectivity index (χ4n) is 1.47. The van der Waals surface area contributed by atoms with Crippen LogP contribution in [0.3, 0.4) is 0 Å². The summed E-state index contributed by atoms with van der Waals surface area (Å²) < 4.78 is 5.62. The van der Waals surface area contributed by atoms with Crippen molar-refractivity contribution >= 4 is 34.2 Å². The highest BCUT2D eigenvalue weighted by Crippen LogP contribution is 2.31. The van der Waals surface area contributed by atoms with Crippen molar-refractivity contribution in [2.75, 3.05) is 6.26 Å². The summed E-state index contributed by atoms with van der Waals surface area (Å²) in [5, 5.41) is 12.0. The zero-order valence-corrected chi connectivity index (χ0v) is 12.6. The summed E-state index contributed by atoms with van der Waals surface area (Å²) in [4.78, 5) is 8.23. The number of halogens is 1. The van der Waals surface area contributed by atoms with Crippen LogP contribution in [0.15, 0.2) is 47.7 Å². The van der Waals surface area contributed by atoms with Gasteiger partial charge in [-0.05, 0) is 30.5 Å². The van der Waals surface area contributed by atoms with Crippen LogP contribution >= 0.6 is 23.4 Å². The van der Waals surface area contributed by atoms with Crippen molar-refractivity contribution < 1.29 is 4.74 Å². The molecule has 0 saturated heterocycles. The summed E-state index contributed by atoms with van der Waals surface area (Å²) in [6, 6.07) is 8.73. The number of hydrogen-bond acceptors (Lipinski definition) is 5. The maximum absolute atomic E-state index is 8.61. The Hall–Kier alpha value is -2.23. The molecule has 0 aliphatic heterocycles. The van der Waals surface area contributed by atoms with E-state index in [0.29, 0.717) is 27.4 Å². The lowest BCUT2D eigenvalue weighted by Gasteiger charge is -2.07. The van der Waals surface area contributed by atoms with Gasteiger partial charge >= 0.3 is 0 Å². The molecule has 1 heterocycles. The molecule has 1 aromatic carbocycles. The number of amidine groups is 1. The molecule has 7 heteroatoms. The molecule has 0 fully saturated rings. The van der Waals surface area contributed by atoms with Crippen LogP contribution in [0, 0.1) is 11.5 Å². The minimum atomic E-state index is 0.433. The van der Waals surface area contributed by atoms with Gasteiger partial charge in [-0.1, -0.05) is 23.4 Å². The molecule has 5 nitrogen and oxygen atoms in total. The van der Waals surface area contributed by atoms with Gasteiger partial charge in [-0.2, -0.15) is 5.26 Å². The number of aromatic nitrogens is 1. The van der Waals surface area contributed by atoms with Crippen LogP contribution in [0.25, 0.3) is 0 Å². The molecule has 0 atom stereocenters. The molecule has 1 N–H and O–H groups in total. The van der Waals surface area contributed by atoms with Crippen molar-refractivity contribution in [3.63, 3.8) is 0 Å². The van der Waals surface area contributed by atoms with Crippen LogP contribution < -0.4 is 10.1 Å². The van der Waals surface area contributed by atoms with E-state index >= 15 is 0 Å². The topological polar surface area (TPSA) is 70.3 Å². The van der Waals surface area contributed by atoms with E-state index in [-0.39, 0.29) is 0 Å². The Morgan fingerprint density at radius 1 is 1.43 bits per heavy atom. The molecule has 2 aromatic rings. The first-order valence-electron chi connectivity index (χ1n) is 5.88. The van der Waals surface area contributed by atoms with E-state index < -0.39 is 0 Å². The van der Waals surface area contributed by atoms with Crippen LogP contribution in [-0.4, -0.2) is 16.4 Å². The quantitative estimate of drug-likeness (QED) is 0.401. The lowest BCUT2D eigenvalue weighted by molar-refractivity contribution is 0.480. The van der Waals surface area contributed by atoms with E-state index in [9.17, 15) is 0 Å². The Balaban J connectivity index is 2.20. The third kappa shape index (κ3) is 4.38. The molecule has 2 rings (SSSR count). The summed E-state index contributed by atoms with van der Waals surface area (Å²) >= 11 is 7.50. The molecule has 21 heavy (non-hydrogen) atoms. The van der Waals surface area contributed by atoms with Crippen molar-refractivity contribution in [2.45, 2.75) is 0 Å². The molecule has 0 unspecified atom stereocenters. The molecule has 0 amide bonds. The lowest BCUT2D eigenvalue weighted by Crippen LogP contribution is -2.12. The van der Waals surface area contributed by atoms with Crippen molar-refractivity contribution in [3.05, 3.63) is 47.7 Å². The fraction of sp³-hybridized carbons (Fsp3) is 0.0714. The van der Waals surface area contributed by atoms with E-state index in [2.05, 4.69) is 15.3 Å². The van der Waals surface area contributed by atoms with E-state index in [1.54, 1.807) is 42.7 Å². The third-order valence-electron chi connectivity index (χ3n) is 2.37. The summed E-state index contributed by atoms with van der Waals surface area (Å²) in [5.74, 6) is 1.21. The van der Waals surface area contributed by atoms with Gasteiger partial charge < -0.3 is 4.74 Å². The number of hydrogen-bond donors (Lipinski definition) is 1. The number of pyridine rings is 1. The molecule has 0 aliphatic carbocycles. The first-order chi connectivity index (χ1) is 10.2. The largest absolute Gasteiger partial charge is 0.456 e. The van der Waals surface area contributed by atoms with Crippen molar-refractivity contribution in [2.24, 2.45) is 4.99 Å². The maximum Gasteiger partial charge on any atom is 0.183 e. The van der Waals surface area contributed by atoms with Gasteiger partial charge in [0, 0.05) is 12.3 Å². The van der Waals surface area contributed by atoms with Crippen LogP contribution in [0.1, 0.15) is 0 Å². The number of benzene rings is 1. The molecule has 0 radical (unpaired) electrons. The Morgan fingerprint density at radius 3 is 2.90 bits per heavy atom. The Labute approximate surface area is 131 Å². The summed E-state index contributed by atoms with van der Waals surface area (Å²) in [7, 11) is 0. The van der Waals surface area contributed by atoms with Gasteiger partial charge in [0.05, 0.1) is 16.9 Å². The number of nitrogens with zero attached hydrogens (tertiary/aromatic N) is 3. The highest BCUT2D eigenvalue weighted by atomic mass is 35.5. The monoisotopic (exact) mass is 318 g/mol. The summed E-state index contributed by atoms with van der Waals surface area (Å²) in [6.45, 7) is 0. The Bertz CT molecular complexity index is 685. The zero-order valence-electron chi connectivity index (χ0n) is 11.1. The highest BCUT2D eigenvalue weighted by molar-refractivity contribution is 8.13. The number of ether oxygens (including phenoxy) is 1. The SMILES string of the molecule is CSC(=Nc1ccc(Oc2cccnc2)cc1Cl)NC#N. The van der Waals surface area contributed by atoms with Crippen LogP contribution in [0.2, 0.25) is 5.02 Å². The van der Waals surface area contributed by atoms with Crippen LogP contribution in [-0.2, 0) is 0 Å². The van der Waals surface area contributed by atoms with Gasteiger partial charge in [-0.25, -0.2) is 4.99 Å². The lowest BCUT2D eigenvalue weighted by atomic mass is 10.3. The number of nitrogens with one attached hydrogen (secondary N) is 1. The van der Waals surface area contributed by atoms with Crippen molar-refractivity contribution in [1.29, 1.82) is 5.26 Å². The molecule has 0 aliphatic rings. The van der Waals surface area contributed by atoms with Gasteiger partial charge in [0.2, 0.25) is 0 Å². The van der Waals surface area contributed by atoms with E-state index in [4.69, 9.17) is 21.6 Å².